The number of carbonyl (C=O) groups is 2. The van der Waals surface area contributed by atoms with Crippen LogP contribution in [0.4, 0.5) is 27.6 Å². The molecule has 4 aromatic carbocycles. The Morgan fingerprint density at radius 3 is 2.12 bits per heavy atom. The van der Waals surface area contributed by atoms with Gasteiger partial charge in [0.25, 0.3) is 17.4 Å². The Kier molecular flexibility index (Phi) is 16.0. The molecule has 66 heavy (non-hydrogen) atoms. The molecule has 17 heteroatoms. The molecule has 0 saturated carbocycles. The average Bonchev–Trinajstić information content (AvgIpc) is 3.92. The predicted octanol–water partition coefficient (Wildman–Crippen LogP) is 9.58. The first-order chi connectivity index (χ1) is 31.8. The second-order valence-electron chi connectivity index (χ2n) is 15.0. The van der Waals surface area contributed by atoms with E-state index in [1.807, 2.05) is 48.7 Å². The Bertz CT molecular complexity index is 2800. The van der Waals surface area contributed by atoms with Crippen LogP contribution in [0.1, 0.15) is 47.4 Å². The van der Waals surface area contributed by atoms with Gasteiger partial charge in [-0.05, 0) is 104 Å². The number of nitrogens with zero attached hydrogens (tertiary/aromatic N) is 6. The van der Waals surface area contributed by atoms with Crippen LogP contribution in [-0.4, -0.2) is 82.4 Å². The summed E-state index contributed by atoms with van der Waals surface area (Å²) in [7, 11) is 5.14. The van der Waals surface area contributed by atoms with Crippen LogP contribution in [0.2, 0.25) is 0 Å². The van der Waals surface area contributed by atoms with Gasteiger partial charge in [-0.15, -0.1) is 0 Å². The molecule has 1 aliphatic heterocycles. The van der Waals surface area contributed by atoms with Gasteiger partial charge in [-0.25, -0.2) is 9.37 Å². The summed E-state index contributed by atoms with van der Waals surface area (Å²) < 4.78 is 79.5. The molecular weight excluding hydrogens is 862 g/mol. The summed E-state index contributed by atoms with van der Waals surface area (Å²) in [5.74, 6) is 0.0226. The summed E-state index contributed by atoms with van der Waals surface area (Å²) >= 11 is 0. The van der Waals surface area contributed by atoms with E-state index < -0.39 is 13.2 Å². The van der Waals surface area contributed by atoms with Crippen molar-refractivity contribution in [2.24, 2.45) is 13.0 Å². The molecule has 1 fully saturated rings. The predicted molar refractivity (Wildman–Crippen MR) is 244 cm³/mol. The highest BCUT2D eigenvalue weighted by Crippen LogP contribution is 2.34. The van der Waals surface area contributed by atoms with Crippen molar-refractivity contribution in [3.8, 4) is 34.4 Å². The maximum absolute atomic E-state index is 14.9. The van der Waals surface area contributed by atoms with E-state index in [0.717, 1.165) is 18.5 Å². The third kappa shape index (κ3) is 11.3. The van der Waals surface area contributed by atoms with Gasteiger partial charge in [0.1, 0.15) is 17.3 Å². The van der Waals surface area contributed by atoms with Crippen LogP contribution in [-0.2, 0) is 7.05 Å². The molecule has 0 bridgehead atoms. The van der Waals surface area contributed by atoms with Crippen molar-refractivity contribution in [1.29, 1.82) is 0 Å². The number of benzene rings is 4. The molecule has 12 nitrogen and oxygen atoms in total. The maximum Gasteiger partial charge on any atom is 0.387 e. The van der Waals surface area contributed by atoms with Gasteiger partial charge in [-0.2, -0.15) is 17.6 Å². The minimum atomic E-state index is -2.95. The highest BCUT2D eigenvalue weighted by Gasteiger charge is 2.25. The fraction of sp³-hybridized carbons (Fsp3) is 0.265. The Labute approximate surface area is 378 Å². The number of alkyl halides is 4. The third-order valence-corrected chi connectivity index (χ3v) is 10.8. The monoisotopic (exact) mass is 911 g/mol. The number of pyridine rings is 1. The number of ether oxygens (including phenoxy) is 2. The quantitative estimate of drug-likeness (QED) is 0.122. The second kappa shape index (κ2) is 22.0. The number of aryl methyl sites for hydroxylation is 1. The number of para-hydroxylation sites is 2. The fourth-order valence-electron chi connectivity index (χ4n) is 7.68. The Morgan fingerprint density at radius 1 is 0.803 bits per heavy atom. The number of nitrogens with one attached hydrogen (secondary N) is 1. The number of hydrogen-bond acceptors (Lipinski definition) is 7. The zero-order chi connectivity index (χ0) is 47.5. The van der Waals surface area contributed by atoms with Crippen molar-refractivity contribution in [2.45, 2.75) is 39.9 Å². The average molecular weight is 912 g/mol. The molecule has 8 rings (SSSR count). The van der Waals surface area contributed by atoms with Crippen LogP contribution < -0.4 is 25.2 Å². The molecule has 0 unspecified atom stereocenters. The molecule has 4 heterocycles. The molecule has 3 aromatic heterocycles. The zero-order valence-electron chi connectivity index (χ0n) is 37.0. The van der Waals surface area contributed by atoms with Crippen molar-refractivity contribution < 1.29 is 41.0 Å². The van der Waals surface area contributed by atoms with Crippen molar-refractivity contribution in [2.75, 3.05) is 38.6 Å². The Morgan fingerprint density at radius 2 is 1.48 bits per heavy atom. The molecule has 1 N–H and O–H groups in total. The number of hydrogen-bond donors (Lipinski definition) is 1. The minimum absolute atomic E-state index is 0.00247. The Hall–Kier alpha value is -7.43. The van der Waals surface area contributed by atoms with Crippen molar-refractivity contribution in [3.63, 3.8) is 0 Å². The van der Waals surface area contributed by atoms with Crippen LogP contribution in [0, 0.1) is 11.7 Å². The first-order valence-corrected chi connectivity index (χ1v) is 21.2. The van der Waals surface area contributed by atoms with Gasteiger partial charge in [0.2, 0.25) is 0 Å². The molecular formula is C49H50F5N7O5. The molecule has 346 valence electrons. The van der Waals surface area contributed by atoms with E-state index in [9.17, 15) is 36.3 Å². The SMILES string of the molecule is CC.CN(CC1CCN(c2ccc(-n3ccccc3=O)cc2F)CC1)C(=O)c1ccc(OC(F)F)cc1.CNC(=O)c1ccc2c(c1)nc(-c1cccn1C)n2-c1ccccc1OC(F)F. The lowest BCUT2D eigenvalue weighted by atomic mass is 9.95. The van der Waals surface area contributed by atoms with E-state index in [0.29, 0.717) is 64.7 Å². The van der Waals surface area contributed by atoms with Gasteiger partial charge in [0.05, 0.1) is 33.8 Å². The van der Waals surface area contributed by atoms with Crippen molar-refractivity contribution in [3.05, 3.63) is 155 Å². The van der Waals surface area contributed by atoms with Crippen molar-refractivity contribution >= 4 is 28.5 Å². The number of rotatable bonds is 12. The van der Waals surface area contributed by atoms with Crippen LogP contribution in [0.3, 0.4) is 0 Å². The topological polar surface area (TPSA) is 116 Å². The van der Waals surface area contributed by atoms with Gasteiger partial charge in [-0.3, -0.25) is 23.5 Å². The third-order valence-electron chi connectivity index (χ3n) is 10.8. The summed E-state index contributed by atoms with van der Waals surface area (Å²) in [5.41, 5.74) is 4.04. The molecule has 0 radical (unpaired) electrons. The number of piperidine rings is 1. The zero-order valence-corrected chi connectivity index (χ0v) is 37.0. The number of carbonyl (C=O) groups excluding carboxylic acids is 2. The summed E-state index contributed by atoms with van der Waals surface area (Å²) in [4.78, 5) is 45.0. The second-order valence-corrected chi connectivity index (χ2v) is 15.0. The first-order valence-electron chi connectivity index (χ1n) is 21.2. The largest absolute Gasteiger partial charge is 0.435 e. The lowest BCUT2D eigenvalue weighted by Crippen LogP contribution is -2.39. The highest BCUT2D eigenvalue weighted by atomic mass is 19.3. The molecule has 7 aromatic rings. The smallest absolute Gasteiger partial charge is 0.387 e. The number of amides is 2. The molecule has 2 amide bonds. The number of fused-ring (bicyclic) bond motifs is 1. The normalized spacial score (nSPS) is 12.6. The van der Waals surface area contributed by atoms with Gasteiger partial charge in [0, 0.05) is 76.4 Å². The fourth-order valence-corrected chi connectivity index (χ4v) is 7.68. The van der Waals surface area contributed by atoms with Gasteiger partial charge in [-0.1, -0.05) is 32.0 Å². The standard InChI is InChI=1S/C26H26F3N3O3.C21H18F2N4O2.C2H6/c1-30(25(34)19-5-8-21(9-6-19)35-26(28)29)17-18-11-14-31(15-12-18)23-10-7-20(16-22(23)27)32-13-3-2-4-24(32)33;1-24-20(28)13-9-10-15-14(12-13)25-19(17-7-5-11-26(17)2)27(15)16-6-3-4-8-18(16)29-21(22)23;1-2/h2-10,13,16,18,26H,11-12,14-15,17H2,1H3;3-12,21H,1-2H3,(H,24,28);1-2H3. The summed E-state index contributed by atoms with van der Waals surface area (Å²) in [6.45, 7) is -0.0310. The summed E-state index contributed by atoms with van der Waals surface area (Å²) in [6, 6.07) is 30.6. The van der Waals surface area contributed by atoms with Gasteiger partial charge >= 0.3 is 13.2 Å². The van der Waals surface area contributed by atoms with Gasteiger partial charge in [0.15, 0.2) is 5.82 Å². The lowest BCUT2D eigenvalue weighted by molar-refractivity contribution is -0.0505. The summed E-state index contributed by atoms with van der Waals surface area (Å²) in [6.07, 6.45) is 5.05. The van der Waals surface area contributed by atoms with E-state index in [-0.39, 0.29) is 40.6 Å². The highest BCUT2D eigenvalue weighted by molar-refractivity contribution is 5.98. The number of anilines is 1. The van der Waals surface area contributed by atoms with E-state index in [1.165, 1.54) is 47.0 Å². The van der Waals surface area contributed by atoms with E-state index in [1.54, 1.807) is 90.4 Å². The van der Waals surface area contributed by atoms with E-state index in [2.05, 4.69) is 10.1 Å². The van der Waals surface area contributed by atoms with Crippen LogP contribution in [0.5, 0.6) is 11.5 Å². The number of imidazole rings is 1. The lowest BCUT2D eigenvalue weighted by Gasteiger charge is -2.35. The maximum atomic E-state index is 14.9. The molecule has 0 aliphatic carbocycles. The minimum Gasteiger partial charge on any atom is -0.435 e. The van der Waals surface area contributed by atoms with Crippen LogP contribution in [0.25, 0.3) is 33.9 Å². The number of halogens is 5. The number of aromatic nitrogens is 4. The first kappa shape index (κ1) is 48.0. The van der Waals surface area contributed by atoms with Crippen LogP contribution >= 0.6 is 0 Å². The van der Waals surface area contributed by atoms with Crippen molar-refractivity contribution in [1.82, 2.24) is 28.9 Å². The van der Waals surface area contributed by atoms with Gasteiger partial charge < -0.3 is 29.2 Å². The Balaban J connectivity index is 0.000000214. The van der Waals surface area contributed by atoms with Crippen LogP contribution in [0.15, 0.2) is 132 Å². The molecule has 1 saturated heterocycles. The molecule has 1 aliphatic rings. The van der Waals surface area contributed by atoms with E-state index in [4.69, 9.17) is 9.72 Å². The molecule has 0 spiro atoms. The summed E-state index contributed by atoms with van der Waals surface area (Å²) in [5, 5.41) is 2.59. The van der Waals surface area contributed by atoms with E-state index >= 15 is 0 Å². The molecule has 0 atom stereocenters.